The lowest BCUT2D eigenvalue weighted by atomic mass is 10.2. The fourth-order valence-corrected chi connectivity index (χ4v) is 4.67. The zero-order valence-corrected chi connectivity index (χ0v) is 20.8. The quantitative estimate of drug-likeness (QED) is 0.310. The Morgan fingerprint density at radius 3 is 2.17 bits per heavy atom. The van der Waals surface area contributed by atoms with Crippen LogP contribution in [0, 0.1) is 0 Å². The van der Waals surface area contributed by atoms with Gasteiger partial charge in [0.15, 0.2) is 5.16 Å². The monoisotopic (exact) mass is 484 g/mol. The molecule has 1 heterocycles. The standard InChI is InChI=1S/C28H28N4O2S/c1-20(2)32(25-12-8-5-9-13-25)27(34)19-35-28-30-26(22-10-6-4-7-11-22)18-31(28)24-16-14-23(15-17-24)29-21(3)33/h4-18,20H,19H2,1-3H3,(H,29,33). The third-order valence-corrected chi connectivity index (χ3v) is 6.29. The Morgan fingerprint density at radius 2 is 1.57 bits per heavy atom. The second kappa shape index (κ2) is 11.1. The SMILES string of the molecule is CC(=O)Nc1ccc(-n2cc(-c3ccccc3)nc2SCC(=O)N(c2ccccc2)C(C)C)cc1. The van der Waals surface area contributed by atoms with Gasteiger partial charge in [-0.1, -0.05) is 60.3 Å². The van der Waals surface area contributed by atoms with Gasteiger partial charge in [-0.05, 0) is 50.2 Å². The number of carbonyl (C=O) groups is 2. The van der Waals surface area contributed by atoms with Crippen LogP contribution in [0.5, 0.6) is 0 Å². The number of thioether (sulfide) groups is 1. The van der Waals surface area contributed by atoms with Gasteiger partial charge in [0.05, 0.1) is 11.4 Å². The summed E-state index contributed by atoms with van der Waals surface area (Å²) in [6.45, 7) is 5.51. The van der Waals surface area contributed by atoms with E-state index < -0.39 is 0 Å². The molecule has 0 saturated carbocycles. The Balaban J connectivity index is 1.62. The van der Waals surface area contributed by atoms with Crippen LogP contribution in [0.3, 0.4) is 0 Å². The number of carbonyl (C=O) groups excluding carboxylic acids is 2. The van der Waals surface area contributed by atoms with Crippen LogP contribution in [-0.2, 0) is 9.59 Å². The summed E-state index contributed by atoms with van der Waals surface area (Å²) in [5.41, 5.74) is 4.34. The number of aromatic nitrogens is 2. The summed E-state index contributed by atoms with van der Waals surface area (Å²) in [7, 11) is 0. The first kappa shape index (κ1) is 24.3. The smallest absolute Gasteiger partial charge is 0.237 e. The second-order valence-electron chi connectivity index (χ2n) is 8.35. The maximum Gasteiger partial charge on any atom is 0.237 e. The number of nitrogens with zero attached hydrogens (tertiary/aromatic N) is 3. The van der Waals surface area contributed by atoms with Crippen molar-refractivity contribution < 1.29 is 9.59 Å². The number of hydrogen-bond acceptors (Lipinski definition) is 4. The highest BCUT2D eigenvalue weighted by molar-refractivity contribution is 7.99. The fraction of sp³-hybridized carbons (Fsp3) is 0.179. The van der Waals surface area contributed by atoms with Gasteiger partial charge >= 0.3 is 0 Å². The number of anilines is 2. The Bertz CT molecular complexity index is 1290. The van der Waals surface area contributed by atoms with Gasteiger partial charge in [-0.15, -0.1) is 0 Å². The van der Waals surface area contributed by atoms with Gasteiger partial charge in [0.2, 0.25) is 11.8 Å². The molecule has 4 rings (SSSR count). The van der Waals surface area contributed by atoms with Crippen LogP contribution >= 0.6 is 11.8 Å². The van der Waals surface area contributed by atoms with Crippen molar-refractivity contribution in [2.24, 2.45) is 0 Å². The van der Waals surface area contributed by atoms with E-state index in [4.69, 9.17) is 4.98 Å². The molecule has 0 aliphatic rings. The summed E-state index contributed by atoms with van der Waals surface area (Å²) in [5, 5.41) is 3.51. The Hall–Kier alpha value is -3.84. The molecule has 35 heavy (non-hydrogen) atoms. The zero-order valence-electron chi connectivity index (χ0n) is 20.0. The minimum absolute atomic E-state index is 0.0213. The van der Waals surface area contributed by atoms with Crippen molar-refractivity contribution in [3.8, 4) is 16.9 Å². The van der Waals surface area contributed by atoms with Crippen molar-refractivity contribution >= 4 is 35.0 Å². The summed E-state index contributed by atoms with van der Waals surface area (Å²) in [6.07, 6.45) is 1.98. The third kappa shape index (κ3) is 6.00. The number of rotatable bonds is 8. The van der Waals surface area contributed by atoms with E-state index in [1.165, 1.54) is 18.7 Å². The average molecular weight is 485 g/mol. The molecule has 7 heteroatoms. The minimum Gasteiger partial charge on any atom is -0.326 e. The molecule has 0 spiro atoms. The third-order valence-electron chi connectivity index (χ3n) is 5.35. The summed E-state index contributed by atoms with van der Waals surface area (Å²) in [4.78, 5) is 31.3. The van der Waals surface area contributed by atoms with Gasteiger partial charge in [-0.2, -0.15) is 0 Å². The molecule has 178 valence electrons. The normalized spacial score (nSPS) is 10.9. The van der Waals surface area contributed by atoms with E-state index in [0.29, 0.717) is 0 Å². The van der Waals surface area contributed by atoms with E-state index in [2.05, 4.69) is 5.32 Å². The van der Waals surface area contributed by atoms with Gasteiger partial charge in [0, 0.05) is 41.8 Å². The molecule has 3 aromatic carbocycles. The van der Waals surface area contributed by atoms with Crippen LogP contribution in [0.25, 0.3) is 16.9 Å². The van der Waals surface area contributed by atoms with E-state index in [9.17, 15) is 9.59 Å². The first-order valence-electron chi connectivity index (χ1n) is 11.4. The number of amides is 2. The minimum atomic E-state index is -0.116. The van der Waals surface area contributed by atoms with Gasteiger partial charge in [0.1, 0.15) is 0 Å². The molecule has 4 aromatic rings. The van der Waals surface area contributed by atoms with E-state index in [1.54, 1.807) is 0 Å². The zero-order chi connectivity index (χ0) is 24.8. The van der Waals surface area contributed by atoms with Gasteiger partial charge in [-0.25, -0.2) is 4.98 Å². The lowest BCUT2D eigenvalue weighted by molar-refractivity contribution is -0.116. The topological polar surface area (TPSA) is 67.2 Å². The Morgan fingerprint density at radius 1 is 0.943 bits per heavy atom. The first-order valence-corrected chi connectivity index (χ1v) is 12.4. The van der Waals surface area contributed by atoms with Crippen molar-refractivity contribution in [1.29, 1.82) is 0 Å². The maximum atomic E-state index is 13.3. The Labute approximate surface area is 210 Å². The predicted octanol–water partition coefficient (Wildman–Crippen LogP) is 6.03. The lowest BCUT2D eigenvalue weighted by Crippen LogP contribution is -2.38. The number of nitrogens with one attached hydrogen (secondary N) is 1. The van der Waals surface area contributed by atoms with Crippen LogP contribution in [0.1, 0.15) is 20.8 Å². The molecule has 1 N–H and O–H groups in total. The molecule has 0 aliphatic heterocycles. The molecule has 1 aromatic heterocycles. The molecule has 0 radical (unpaired) electrons. The molecule has 2 amide bonds. The van der Waals surface area contributed by atoms with Crippen LogP contribution in [0.2, 0.25) is 0 Å². The van der Waals surface area contributed by atoms with Crippen molar-refractivity contribution in [3.05, 3.63) is 91.1 Å². The van der Waals surface area contributed by atoms with E-state index >= 15 is 0 Å². The lowest BCUT2D eigenvalue weighted by Gasteiger charge is -2.26. The summed E-state index contributed by atoms with van der Waals surface area (Å²) < 4.78 is 1.99. The molecule has 6 nitrogen and oxygen atoms in total. The highest BCUT2D eigenvalue weighted by atomic mass is 32.2. The van der Waals surface area contributed by atoms with Crippen LogP contribution in [0.4, 0.5) is 11.4 Å². The van der Waals surface area contributed by atoms with E-state index in [1.807, 2.05) is 114 Å². The number of para-hydroxylation sites is 1. The van der Waals surface area contributed by atoms with Crippen LogP contribution in [-0.4, -0.2) is 33.2 Å². The summed E-state index contributed by atoms with van der Waals surface area (Å²) in [5.74, 6) is 0.157. The van der Waals surface area contributed by atoms with E-state index in [0.717, 1.165) is 33.5 Å². The summed E-state index contributed by atoms with van der Waals surface area (Å²) >= 11 is 1.41. The largest absolute Gasteiger partial charge is 0.326 e. The van der Waals surface area contributed by atoms with Crippen molar-refractivity contribution in [2.45, 2.75) is 32.0 Å². The van der Waals surface area contributed by atoms with Crippen LogP contribution in [0.15, 0.2) is 96.3 Å². The second-order valence-corrected chi connectivity index (χ2v) is 9.30. The molecule has 0 aliphatic carbocycles. The molecular formula is C28H28N4O2S. The number of imidazole rings is 1. The predicted molar refractivity (Wildman–Crippen MR) is 143 cm³/mol. The molecule has 0 fully saturated rings. The fourth-order valence-electron chi connectivity index (χ4n) is 3.82. The highest BCUT2D eigenvalue weighted by Gasteiger charge is 2.21. The van der Waals surface area contributed by atoms with E-state index in [-0.39, 0.29) is 23.6 Å². The summed E-state index contributed by atoms with van der Waals surface area (Å²) in [6, 6.07) is 27.3. The van der Waals surface area contributed by atoms with Crippen molar-refractivity contribution in [1.82, 2.24) is 9.55 Å². The highest BCUT2D eigenvalue weighted by Crippen LogP contribution is 2.29. The maximum absolute atomic E-state index is 13.3. The van der Waals surface area contributed by atoms with Crippen molar-refractivity contribution in [3.63, 3.8) is 0 Å². The van der Waals surface area contributed by atoms with Gasteiger partial charge in [-0.3, -0.25) is 14.2 Å². The molecular weight excluding hydrogens is 456 g/mol. The van der Waals surface area contributed by atoms with Gasteiger partial charge in [0.25, 0.3) is 0 Å². The van der Waals surface area contributed by atoms with Crippen LogP contribution < -0.4 is 10.2 Å². The number of hydrogen-bond donors (Lipinski definition) is 1. The van der Waals surface area contributed by atoms with Crippen molar-refractivity contribution in [2.75, 3.05) is 16.0 Å². The Kier molecular flexibility index (Phi) is 7.67. The molecule has 0 atom stereocenters. The number of benzene rings is 3. The van der Waals surface area contributed by atoms with Gasteiger partial charge < -0.3 is 10.2 Å². The average Bonchev–Trinajstić information content (AvgIpc) is 3.28. The molecule has 0 unspecified atom stereocenters. The molecule has 0 saturated heterocycles. The first-order chi connectivity index (χ1) is 16.9. The molecule has 0 bridgehead atoms.